The van der Waals surface area contributed by atoms with Crippen LogP contribution in [0.1, 0.15) is 25.2 Å². The molecule has 0 saturated heterocycles. The van der Waals surface area contributed by atoms with Gasteiger partial charge in [-0.1, -0.05) is 50.3 Å². The SMILES string of the molecule is CC(C)CNc1nc(/C=C/c2ccccc2)nc2ccsc12. The highest BCUT2D eigenvalue weighted by Gasteiger charge is 2.08. The first-order chi connectivity index (χ1) is 10.7. The van der Waals surface area contributed by atoms with E-state index in [-0.39, 0.29) is 0 Å². The predicted molar refractivity (Wildman–Crippen MR) is 96.1 cm³/mol. The lowest BCUT2D eigenvalue weighted by atomic mass is 10.2. The maximum atomic E-state index is 4.66. The van der Waals surface area contributed by atoms with Gasteiger partial charge in [0.2, 0.25) is 0 Å². The summed E-state index contributed by atoms with van der Waals surface area (Å²) in [5.41, 5.74) is 2.15. The van der Waals surface area contributed by atoms with Crippen molar-refractivity contribution in [3.63, 3.8) is 0 Å². The van der Waals surface area contributed by atoms with E-state index in [1.165, 1.54) is 0 Å². The zero-order valence-corrected chi connectivity index (χ0v) is 13.6. The molecule has 4 heteroatoms. The van der Waals surface area contributed by atoms with Crippen molar-refractivity contribution < 1.29 is 0 Å². The molecule has 0 spiro atoms. The Kier molecular flexibility index (Phi) is 4.49. The van der Waals surface area contributed by atoms with Crippen LogP contribution < -0.4 is 5.32 Å². The summed E-state index contributed by atoms with van der Waals surface area (Å²) in [6.45, 7) is 5.29. The van der Waals surface area contributed by atoms with Crippen molar-refractivity contribution in [2.75, 3.05) is 11.9 Å². The standard InChI is InChI=1S/C18H19N3S/c1-13(2)12-19-18-17-15(10-11-22-17)20-16(21-18)9-8-14-6-4-3-5-7-14/h3-11,13H,12H2,1-2H3,(H,19,20,21)/b9-8+. The second kappa shape index (κ2) is 6.71. The molecular weight excluding hydrogens is 290 g/mol. The van der Waals surface area contributed by atoms with Crippen LogP contribution in [0.5, 0.6) is 0 Å². The topological polar surface area (TPSA) is 37.8 Å². The number of fused-ring (bicyclic) bond motifs is 1. The molecule has 1 N–H and O–H groups in total. The summed E-state index contributed by atoms with van der Waals surface area (Å²) in [5, 5.41) is 5.50. The molecule has 0 bridgehead atoms. The second-order valence-corrected chi connectivity index (χ2v) is 6.50. The molecule has 22 heavy (non-hydrogen) atoms. The fraction of sp³-hybridized carbons (Fsp3) is 0.222. The zero-order valence-electron chi connectivity index (χ0n) is 12.8. The van der Waals surface area contributed by atoms with Crippen molar-refractivity contribution in [1.29, 1.82) is 0 Å². The third-order valence-electron chi connectivity index (χ3n) is 3.22. The number of nitrogens with zero attached hydrogens (tertiary/aromatic N) is 2. The van der Waals surface area contributed by atoms with Crippen LogP contribution in [0.4, 0.5) is 5.82 Å². The van der Waals surface area contributed by atoms with Crippen LogP contribution in [0.2, 0.25) is 0 Å². The van der Waals surface area contributed by atoms with Gasteiger partial charge in [-0.25, -0.2) is 9.97 Å². The van der Waals surface area contributed by atoms with Gasteiger partial charge in [0, 0.05) is 6.54 Å². The highest BCUT2D eigenvalue weighted by atomic mass is 32.1. The van der Waals surface area contributed by atoms with Crippen LogP contribution in [0.3, 0.4) is 0 Å². The average molecular weight is 309 g/mol. The van der Waals surface area contributed by atoms with Crippen LogP contribution in [0.25, 0.3) is 22.4 Å². The van der Waals surface area contributed by atoms with Crippen LogP contribution in [0.15, 0.2) is 41.8 Å². The van der Waals surface area contributed by atoms with Crippen molar-refractivity contribution in [2.45, 2.75) is 13.8 Å². The number of hydrogen-bond donors (Lipinski definition) is 1. The fourth-order valence-corrected chi connectivity index (χ4v) is 2.91. The normalized spacial score (nSPS) is 11.6. The smallest absolute Gasteiger partial charge is 0.155 e. The van der Waals surface area contributed by atoms with E-state index in [9.17, 15) is 0 Å². The maximum Gasteiger partial charge on any atom is 0.155 e. The largest absolute Gasteiger partial charge is 0.369 e. The summed E-state index contributed by atoms with van der Waals surface area (Å²) in [5.74, 6) is 2.25. The average Bonchev–Trinajstić information content (AvgIpc) is 3.00. The van der Waals surface area contributed by atoms with Gasteiger partial charge in [-0.3, -0.25) is 0 Å². The molecule has 1 aromatic carbocycles. The zero-order chi connectivity index (χ0) is 15.4. The minimum Gasteiger partial charge on any atom is -0.369 e. The maximum absolute atomic E-state index is 4.66. The van der Waals surface area contributed by atoms with E-state index in [2.05, 4.69) is 46.6 Å². The summed E-state index contributed by atoms with van der Waals surface area (Å²) in [6.07, 6.45) is 4.01. The lowest BCUT2D eigenvalue weighted by molar-refractivity contribution is 0.687. The quantitative estimate of drug-likeness (QED) is 0.726. The van der Waals surface area contributed by atoms with Crippen molar-refractivity contribution in [1.82, 2.24) is 9.97 Å². The van der Waals surface area contributed by atoms with Gasteiger partial charge in [0.15, 0.2) is 5.82 Å². The highest BCUT2D eigenvalue weighted by molar-refractivity contribution is 7.17. The van der Waals surface area contributed by atoms with Gasteiger partial charge < -0.3 is 5.32 Å². The Balaban J connectivity index is 1.91. The Hall–Kier alpha value is -2.20. The number of anilines is 1. The summed E-state index contributed by atoms with van der Waals surface area (Å²) in [6, 6.07) is 12.2. The van der Waals surface area contributed by atoms with Gasteiger partial charge in [-0.2, -0.15) is 0 Å². The molecule has 2 heterocycles. The summed E-state index contributed by atoms with van der Waals surface area (Å²) in [4.78, 5) is 9.27. The van der Waals surface area contributed by atoms with Gasteiger partial charge >= 0.3 is 0 Å². The Morgan fingerprint density at radius 3 is 2.68 bits per heavy atom. The fourth-order valence-electron chi connectivity index (χ4n) is 2.11. The van der Waals surface area contributed by atoms with Gasteiger partial charge in [0.25, 0.3) is 0 Å². The van der Waals surface area contributed by atoms with E-state index in [0.29, 0.717) is 5.92 Å². The third kappa shape index (κ3) is 3.52. The molecule has 3 nitrogen and oxygen atoms in total. The van der Waals surface area contributed by atoms with E-state index in [1.54, 1.807) is 11.3 Å². The number of nitrogens with one attached hydrogen (secondary N) is 1. The summed E-state index contributed by atoms with van der Waals surface area (Å²) >= 11 is 1.68. The van der Waals surface area contributed by atoms with Crippen molar-refractivity contribution >= 4 is 39.5 Å². The van der Waals surface area contributed by atoms with E-state index in [4.69, 9.17) is 0 Å². The molecule has 3 rings (SSSR count). The van der Waals surface area contributed by atoms with Gasteiger partial charge in [-0.05, 0) is 29.0 Å². The number of hydrogen-bond acceptors (Lipinski definition) is 4. The number of rotatable bonds is 5. The minimum atomic E-state index is 0.577. The summed E-state index contributed by atoms with van der Waals surface area (Å²) in [7, 11) is 0. The molecule has 0 atom stereocenters. The van der Waals surface area contributed by atoms with Gasteiger partial charge in [0.1, 0.15) is 5.82 Å². The Bertz CT molecular complexity index is 775. The second-order valence-electron chi connectivity index (χ2n) is 5.58. The molecule has 0 aliphatic rings. The monoisotopic (exact) mass is 309 g/mol. The molecule has 2 aromatic heterocycles. The van der Waals surface area contributed by atoms with E-state index < -0.39 is 0 Å². The first kappa shape index (κ1) is 14.7. The lowest BCUT2D eigenvalue weighted by Gasteiger charge is -2.09. The predicted octanol–water partition coefficient (Wildman–Crippen LogP) is 4.93. The first-order valence-electron chi connectivity index (χ1n) is 7.44. The Morgan fingerprint density at radius 2 is 1.91 bits per heavy atom. The van der Waals surface area contributed by atoms with Crippen molar-refractivity contribution in [2.24, 2.45) is 5.92 Å². The molecule has 0 amide bonds. The molecule has 3 aromatic rings. The number of thiophene rings is 1. The lowest BCUT2D eigenvalue weighted by Crippen LogP contribution is -2.10. The van der Waals surface area contributed by atoms with Crippen molar-refractivity contribution in [3.05, 3.63) is 53.2 Å². The van der Waals surface area contributed by atoms with E-state index in [1.807, 2.05) is 36.4 Å². The molecule has 0 aliphatic carbocycles. The minimum absolute atomic E-state index is 0.577. The van der Waals surface area contributed by atoms with Crippen molar-refractivity contribution in [3.8, 4) is 0 Å². The Labute approximate surface area is 134 Å². The molecule has 0 radical (unpaired) electrons. The molecular formula is C18H19N3S. The highest BCUT2D eigenvalue weighted by Crippen LogP contribution is 2.26. The molecule has 0 saturated carbocycles. The Morgan fingerprint density at radius 1 is 1.09 bits per heavy atom. The number of benzene rings is 1. The van der Waals surface area contributed by atoms with Crippen LogP contribution in [-0.2, 0) is 0 Å². The van der Waals surface area contributed by atoms with E-state index >= 15 is 0 Å². The molecule has 0 unspecified atom stereocenters. The van der Waals surface area contributed by atoms with Gasteiger partial charge in [0.05, 0.1) is 10.2 Å². The molecule has 0 fully saturated rings. The van der Waals surface area contributed by atoms with Crippen LogP contribution in [0, 0.1) is 5.92 Å². The third-order valence-corrected chi connectivity index (χ3v) is 4.13. The molecule has 0 aliphatic heterocycles. The van der Waals surface area contributed by atoms with Crippen LogP contribution >= 0.6 is 11.3 Å². The molecule has 112 valence electrons. The van der Waals surface area contributed by atoms with Crippen LogP contribution in [-0.4, -0.2) is 16.5 Å². The summed E-state index contributed by atoms with van der Waals surface area (Å²) < 4.78 is 1.12. The van der Waals surface area contributed by atoms with E-state index in [0.717, 1.165) is 34.0 Å². The first-order valence-corrected chi connectivity index (χ1v) is 8.32. The van der Waals surface area contributed by atoms with Gasteiger partial charge in [-0.15, -0.1) is 11.3 Å². The number of aromatic nitrogens is 2.